The maximum Gasteiger partial charge on any atom is 0.145 e. The van der Waals surface area contributed by atoms with Crippen molar-refractivity contribution in [1.82, 2.24) is 9.55 Å². The van der Waals surface area contributed by atoms with Crippen LogP contribution in [0.2, 0.25) is 39.3 Å². The van der Waals surface area contributed by atoms with Crippen molar-refractivity contribution in [3.05, 3.63) is 182 Å². The number of hydrogen-bond acceptors (Lipinski definition) is 3. The number of fused-ring (bicyclic) bond motifs is 1. The van der Waals surface area contributed by atoms with Crippen molar-refractivity contribution in [3.8, 4) is 17.1 Å². The number of imidazole rings is 1. The van der Waals surface area contributed by atoms with Crippen molar-refractivity contribution >= 4 is 71.7 Å². The SMILES string of the molecule is C[Si](C)(C)c1ccc(N(c2ccccc2)c2ccc(-c3nc4ccccc4n3-c3ccc(N(c4ccccc4)c4ccc([Si](C)(C)C)cc4)cc3)cc2)cc1. The second-order valence-corrected chi connectivity index (χ2v) is 26.4. The molecule has 0 amide bonds. The van der Waals surface area contributed by atoms with Gasteiger partial charge in [0, 0.05) is 45.4 Å². The Morgan fingerprint density at radius 1 is 0.382 bits per heavy atom. The number of rotatable bonds is 10. The quantitative estimate of drug-likeness (QED) is 0.130. The first kappa shape index (κ1) is 36.0. The van der Waals surface area contributed by atoms with E-state index < -0.39 is 16.1 Å². The molecule has 0 atom stereocenters. The Balaban J connectivity index is 1.17. The van der Waals surface area contributed by atoms with Gasteiger partial charge in [-0.3, -0.25) is 4.57 Å². The van der Waals surface area contributed by atoms with Crippen LogP contribution in [0.3, 0.4) is 0 Å². The molecule has 0 saturated heterocycles. The molecule has 0 aliphatic rings. The van der Waals surface area contributed by atoms with Gasteiger partial charge in [-0.25, -0.2) is 4.98 Å². The second kappa shape index (κ2) is 14.7. The summed E-state index contributed by atoms with van der Waals surface area (Å²) in [7, 11) is -2.84. The zero-order chi connectivity index (χ0) is 38.2. The van der Waals surface area contributed by atoms with E-state index in [4.69, 9.17) is 4.98 Å². The van der Waals surface area contributed by atoms with Crippen LogP contribution in [0.4, 0.5) is 34.1 Å². The molecule has 7 aromatic carbocycles. The highest BCUT2D eigenvalue weighted by Crippen LogP contribution is 2.38. The molecule has 0 unspecified atom stereocenters. The van der Waals surface area contributed by atoms with Gasteiger partial charge in [-0.2, -0.15) is 0 Å². The molecule has 0 saturated carbocycles. The van der Waals surface area contributed by atoms with Crippen LogP contribution in [0.5, 0.6) is 0 Å². The zero-order valence-corrected chi connectivity index (χ0v) is 34.6. The molecule has 0 bridgehead atoms. The summed E-state index contributed by atoms with van der Waals surface area (Å²) in [5, 5.41) is 2.91. The molecule has 0 aliphatic heterocycles. The van der Waals surface area contributed by atoms with Crippen LogP contribution in [0.15, 0.2) is 182 Å². The van der Waals surface area contributed by atoms with Gasteiger partial charge in [0.2, 0.25) is 0 Å². The third kappa shape index (κ3) is 7.44. The predicted octanol–water partition coefficient (Wildman–Crippen LogP) is 12.7. The Bertz CT molecular complexity index is 2510. The molecule has 0 radical (unpaired) electrons. The zero-order valence-electron chi connectivity index (χ0n) is 32.6. The minimum absolute atomic E-state index is 0.910. The molecule has 6 heteroatoms. The lowest BCUT2D eigenvalue weighted by Gasteiger charge is -2.27. The molecule has 0 spiro atoms. The maximum atomic E-state index is 5.21. The fourth-order valence-corrected chi connectivity index (χ4v) is 9.59. The molecule has 1 heterocycles. The summed E-state index contributed by atoms with van der Waals surface area (Å²) >= 11 is 0. The fourth-order valence-electron chi connectivity index (χ4n) is 7.26. The van der Waals surface area contributed by atoms with Crippen LogP contribution >= 0.6 is 0 Å². The van der Waals surface area contributed by atoms with Crippen molar-refractivity contribution < 1.29 is 0 Å². The summed E-state index contributed by atoms with van der Waals surface area (Å²) in [5.41, 5.74) is 10.9. The molecule has 0 N–H and O–H groups in total. The molecule has 272 valence electrons. The summed E-state index contributed by atoms with van der Waals surface area (Å²) in [6.07, 6.45) is 0. The van der Waals surface area contributed by atoms with Crippen molar-refractivity contribution in [2.45, 2.75) is 39.3 Å². The Morgan fingerprint density at radius 3 is 1.18 bits per heavy atom. The lowest BCUT2D eigenvalue weighted by atomic mass is 10.1. The van der Waals surface area contributed by atoms with Gasteiger partial charge in [-0.15, -0.1) is 0 Å². The first-order valence-corrected chi connectivity index (χ1v) is 26.1. The van der Waals surface area contributed by atoms with Crippen molar-refractivity contribution in [2.24, 2.45) is 0 Å². The Labute approximate surface area is 328 Å². The largest absolute Gasteiger partial charge is 0.311 e. The highest BCUT2D eigenvalue weighted by molar-refractivity contribution is 6.89. The van der Waals surface area contributed by atoms with Crippen LogP contribution in [0.25, 0.3) is 28.1 Å². The molecule has 8 rings (SSSR count). The van der Waals surface area contributed by atoms with Gasteiger partial charge < -0.3 is 9.80 Å². The molecule has 55 heavy (non-hydrogen) atoms. The molecular weight excluding hydrogens is 701 g/mol. The van der Waals surface area contributed by atoms with Gasteiger partial charge in [0.25, 0.3) is 0 Å². The van der Waals surface area contributed by atoms with Gasteiger partial charge >= 0.3 is 0 Å². The normalized spacial score (nSPS) is 11.8. The van der Waals surface area contributed by atoms with Crippen LogP contribution in [0, 0.1) is 0 Å². The minimum atomic E-state index is -1.42. The first-order chi connectivity index (χ1) is 26.5. The fraction of sp³-hybridized carbons (Fsp3) is 0.122. The van der Waals surface area contributed by atoms with Crippen LogP contribution in [-0.2, 0) is 0 Å². The van der Waals surface area contributed by atoms with E-state index in [1.807, 2.05) is 0 Å². The Morgan fingerprint density at radius 2 is 0.745 bits per heavy atom. The average molecular weight is 749 g/mol. The van der Waals surface area contributed by atoms with E-state index in [1.165, 1.54) is 10.4 Å². The van der Waals surface area contributed by atoms with E-state index >= 15 is 0 Å². The summed E-state index contributed by atoms with van der Waals surface area (Å²) in [6, 6.07) is 65.7. The van der Waals surface area contributed by atoms with E-state index in [1.54, 1.807) is 0 Å². The molecule has 0 aliphatic carbocycles. The van der Waals surface area contributed by atoms with E-state index in [9.17, 15) is 0 Å². The minimum Gasteiger partial charge on any atom is -0.311 e. The number of hydrogen-bond donors (Lipinski definition) is 0. The van der Waals surface area contributed by atoms with Crippen molar-refractivity contribution in [1.29, 1.82) is 0 Å². The van der Waals surface area contributed by atoms with Gasteiger partial charge in [-0.05, 0) is 109 Å². The van der Waals surface area contributed by atoms with E-state index in [2.05, 4.69) is 236 Å². The van der Waals surface area contributed by atoms with E-state index in [0.29, 0.717) is 0 Å². The van der Waals surface area contributed by atoms with Gasteiger partial charge in [-0.1, -0.05) is 122 Å². The maximum absolute atomic E-state index is 5.21. The van der Waals surface area contributed by atoms with Crippen molar-refractivity contribution in [2.75, 3.05) is 9.80 Å². The molecule has 0 fully saturated rings. The molecular formula is C49H48N4Si2. The monoisotopic (exact) mass is 748 g/mol. The number of para-hydroxylation sites is 4. The van der Waals surface area contributed by atoms with Crippen LogP contribution < -0.4 is 20.2 Å². The summed E-state index contributed by atoms with van der Waals surface area (Å²) < 4.78 is 2.29. The smallest absolute Gasteiger partial charge is 0.145 e. The van der Waals surface area contributed by atoms with E-state index in [-0.39, 0.29) is 0 Å². The third-order valence-electron chi connectivity index (χ3n) is 10.3. The Kier molecular flexibility index (Phi) is 9.63. The lowest BCUT2D eigenvalue weighted by molar-refractivity contribution is 1.10. The summed E-state index contributed by atoms with van der Waals surface area (Å²) in [4.78, 5) is 9.87. The topological polar surface area (TPSA) is 24.3 Å². The van der Waals surface area contributed by atoms with Gasteiger partial charge in [0.15, 0.2) is 0 Å². The summed E-state index contributed by atoms with van der Waals surface area (Å²) in [6.45, 7) is 14.4. The van der Waals surface area contributed by atoms with Gasteiger partial charge in [0.05, 0.1) is 27.2 Å². The van der Waals surface area contributed by atoms with E-state index in [0.717, 1.165) is 62.2 Å². The highest BCUT2D eigenvalue weighted by Gasteiger charge is 2.21. The number of anilines is 6. The molecule has 4 nitrogen and oxygen atoms in total. The third-order valence-corrected chi connectivity index (χ3v) is 14.5. The number of nitrogens with zero attached hydrogens (tertiary/aromatic N) is 4. The van der Waals surface area contributed by atoms with Crippen LogP contribution in [0.1, 0.15) is 0 Å². The van der Waals surface area contributed by atoms with Gasteiger partial charge in [0.1, 0.15) is 5.82 Å². The lowest BCUT2D eigenvalue weighted by Crippen LogP contribution is -2.37. The standard InChI is InChI=1S/C49H48N4Si2/c1-54(2,3)45-33-29-42(30-34-45)51(38-15-9-7-10-16-38)40-23-21-37(22-24-40)49-50-47-19-13-14-20-48(47)53(49)44-27-25-41(26-28-44)52(39-17-11-8-12-18-39)43-31-35-46(36-32-43)55(4,5)6/h7-36H,1-6H3. The summed E-state index contributed by atoms with van der Waals surface area (Å²) in [5.74, 6) is 0.910. The van der Waals surface area contributed by atoms with Crippen LogP contribution in [-0.4, -0.2) is 25.7 Å². The number of aromatic nitrogens is 2. The average Bonchev–Trinajstić information content (AvgIpc) is 3.59. The van der Waals surface area contributed by atoms with Crippen molar-refractivity contribution in [3.63, 3.8) is 0 Å². The molecule has 1 aromatic heterocycles. The predicted molar refractivity (Wildman–Crippen MR) is 242 cm³/mol. The molecule has 8 aromatic rings. The first-order valence-electron chi connectivity index (χ1n) is 19.1. The Hall–Kier alpha value is -5.96. The second-order valence-electron chi connectivity index (χ2n) is 16.3. The number of benzene rings is 7. The highest BCUT2D eigenvalue weighted by atomic mass is 28.3.